The molecule has 0 aromatic heterocycles. The molecule has 182 valence electrons. The number of methoxy groups -OCH3 is 2. The standard InChI is InChI=1S/C25H29NO8/c1-14-23(16-9-21(28-3)24(33-15(2)27)22(10-16)29-4)17-11-19-20(32-13-31-19)12-18(17)34-25(14)26-5-7-30-8-6-26/h9-12,14,23,25H,5-8,13H2,1-4H3/t14-,23+,25-/m0/s1. The molecular formula is C25H29NO8. The molecule has 0 amide bonds. The van der Waals surface area contributed by atoms with Gasteiger partial charge < -0.3 is 33.2 Å². The molecule has 2 aromatic carbocycles. The van der Waals surface area contributed by atoms with Crippen LogP contribution in [0.25, 0.3) is 0 Å². The van der Waals surface area contributed by atoms with Crippen molar-refractivity contribution in [1.82, 2.24) is 4.90 Å². The van der Waals surface area contributed by atoms with E-state index in [2.05, 4.69) is 11.8 Å². The molecule has 0 bridgehead atoms. The zero-order valence-corrected chi connectivity index (χ0v) is 19.8. The van der Waals surface area contributed by atoms with Gasteiger partial charge in [0.1, 0.15) is 5.75 Å². The Kier molecular flexibility index (Phi) is 6.14. The lowest BCUT2D eigenvalue weighted by Crippen LogP contribution is -2.52. The molecule has 5 rings (SSSR count). The number of fused-ring (bicyclic) bond motifs is 2. The zero-order chi connectivity index (χ0) is 23.8. The van der Waals surface area contributed by atoms with Crippen LogP contribution in [0.3, 0.4) is 0 Å². The third kappa shape index (κ3) is 3.99. The lowest BCUT2D eigenvalue weighted by atomic mass is 9.77. The molecule has 3 aliphatic rings. The molecule has 0 radical (unpaired) electrons. The first-order chi connectivity index (χ1) is 16.5. The van der Waals surface area contributed by atoms with Crippen LogP contribution in [0.15, 0.2) is 24.3 Å². The fourth-order valence-electron chi connectivity index (χ4n) is 5.02. The highest BCUT2D eigenvalue weighted by Gasteiger charge is 2.42. The summed E-state index contributed by atoms with van der Waals surface area (Å²) in [4.78, 5) is 14.0. The van der Waals surface area contributed by atoms with Crippen LogP contribution in [-0.2, 0) is 9.53 Å². The Bertz CT molecular complexity index is 1060. The number of morpholine rings is 1. The average molecular weight is 472 g/mol. The number of hydrogen-bond donors (Lipinski definition) is 0. The lowest BCUT2D eigenvalue weighted by molar-refractivity contribution is -0.132. The molecule has 9 nitrogen and oxygen atoms in total. The summed E-state index contributed by atoms with van der Waals surface area (Å²) in [6.45, 7) is 6.63. The van der Waals surface area contributed by atoms with E-state index in [0.717, 1.165) is 30.0 Å². The van der Waals surface area contributed by atoms with E-state index in [1.54, 1.807) is 14.2 Å². The van der Waals surface area contributed by atoms with E-state index in [0.29, 0.717) is 36.2 Å². The fourth-order valence-corrected chi connectivity index (χ4v) is 5.02. The summed E-state index contributed by atoms with van der Waals surface area (Å²) in [7, 11) is 3.09. The Morgan fingerprint density at radius 3 is 2.24 bits per heavy atom. The minimum atomic E-state index is -0.450. The van der Waals surface area contributed by atoms with Crippen molar-refractivity contribution in [3.05, 3.63) is 35.4 Å². The molecule has 0 spiro atoms. The number of carbonyl (C=O) groups is 1. The van der Waals surface area contributed by atoms with E-state index in [-0.39, 0.29) is 30.6 Å². The first-order valence-electron chi connectivity index (χ1n) is 11.4. The second-order valence-electron chi connectivity index (χ2n) is 8.59. The highest BCUT2D eigenvalue weighted by atomic mass is 16.7. The second kappa shape index (κ2) is 9.23. The van der Waals surface area contributed by atoms with Crippen LogP contribution >= 0.6 is 0 Å². The van der Waals surface area contributed by atoms with Gasteiger partial charge in [-0.15, -0.1) is 0 Å². The third-order valence-corrected chi connectivity index (χ3v) is 6.56. The van der Waals surface area contributed by atoms with Crippen LogP contribution in [0.4, 0.5) is 0 Å². The summed E-state index contributed by atoms with van der Waals surface area (Å²) in [5.74, 6) is 2.78. The van der Waals surface area contributed by atoms with Crippen molar-refractivity contribution >= 4 is 5.97 Å². The maximum atomic E-state index is 11.7. The van der Waals surface area contributed by atoms with Crippen LogP contribution in [-0.4, -0.2) is 64.4 Å². The quantitative estimate of drug-likeness (QED) is 0.482. The maximum absolute atomic E-state index is 11.7. The van der Waals surface area contributed by atoms with Gasteiger partial charge in [0, 0.05) is 43.5 Å². The SMILES string of the molecule is COc1cc([C@@H]2c3cc4c(cc3O[C@H](N3CCOCC3)[C@H]2C)OCO4)cc(OC)c1OC(C)=O. The Hall–Kier alpha value is -3.17. The summed E-state index contributed by atoms with van der Waals surface area (Å²) >= 11 is 0. The Morgan fingerprint density at radius 1 is 0.971 bits per heavy atom. The predicted molar refractivity (Wildman–Crippen MR) is 121 cm³/mol. The molecule has 1 fully saturated rings. The monoisotopic (exact) mass is 471 g/mol. The van der Waals surface area contributed by atoms with Crippen LogP contribution < -0.4 is 28.4 Å². The van der Waals surface area contributed by atoms with E-state index in [9.17, 15) is 4.79 Å². The molecular weight excluding hydrogens is 442 g/mol. The number of hydrogen-bond acceptors (Lipinski definition) is 9. The van der Waals surface area contributed by atoms with Gasteiger partial charge in [0.2, 0.25) is 12.5 Å². The molecule has 2 aromatic rings. The predicted octanol–water partition coefficient (Wildman–Crippen LogP) is 3.18. The molecule has 1 saturated heterocycles. The van der Waals surface area contributed by atoms with Crippen LogP contribution in [0.1, 0.15) is 30.9 Å². The molecule has 3 atom stereocenters. The van der Waals surface area contributed by atoms with Crippen LogP contribution in [0, 0.1) is 5.92 Å². The minimum Gasteiger partial charge on any atom is -0.493 e. The lowest BCUT2D eigenvalue weighted by Gasteiger charge is -2.44. The third-order valence-electron chi connectivity index (χ3n) is 6.56. The smallest absolute Gasteiger partial charge is 0.308 e. The van der Waals surface area contributed by atoms with E-state index in [4.69, 9.17) is 33.2 Å². The largest absolute Gasteiger partial charge is 0.493 e. The second-order valence-corrected chi connectivity index (χ2v) is 8.59. The van der Waals surface area contributed by atoms with Crippen molar-refractivity contribution in [2.75, 3.05) is 47.3 Å². The van der Waals surface area contributed by atoms with Crippen molar-refractivity contribution in [3.8, 4) is 34.5 Å². The average Bonchev–Trinajstić information content (AvgIpc) is 3.30. The fraction of sp³-hybridized carbons (Fsp3) is 0.480. The molecule has 0 saturated carbocycles. The van der Waals surface area contributed by atoms with Gasteiger partial charge in [-0.3, -0.25) is 9.69 Å². The van der Waals surface area contributed by atoms with Crippen molar-refractivity contribution in [1.29, 1.82) is 0 Å². The molecule has 3 heterocycles. The van der Waals surface area contributed by atoms with E-state index < -0.39 is 5.97 Å². The van der Waals surface area contributed by atoms with Crippen molar-refractivity contribution in [2.24, 2.45) is 5.92 Å². The highest BCUT2D eigenvalue weighted by molar-refractivity contribution is 5.72. The van der Waals surface area contributed by atoms with Gasteiger partial charge in [-0.05, 0) is 23.8 Å². The summed E-state index contributed by atoms with van der Waals surface area (Å²) in [6, 6.07) is 7.70. The van der Waals surface area contributed by atoms with Crippen molar-refractivity contribution in [2.45, 2.75) is 26.0 Å². The van der Waals surface area contributed by atoms with Gasteiger partial charge in [-0.2, -0.15) is 0 Å². The zero-order valence-electron chi connectivity index (χ0n) is 19.8. The molecule has 0 unspecified atom stereocenters. The van der Waals surface area contributed by atoms with Gasteiger partial charge >= 0.3 is 5.97 Å². The van der Waals surface area contributed by atoms with Gasteiger partial charge in [0.15, 0.2) is 29.2 Å². The number of ether oxygens (including phenoxy) is 7. The van der Waals surface area contributed by atoms with E-state index in [1.165, 1.54) is 6.92 Å². The Morgan fingerprint density at radius 2 is 1.62 bits per heavy atom. The first kappa shape index (κ1) is 22.6. The summed E-state index contributed by atoms with van der Waals surface area (Å²) in [5.41, 5.74) is 1.95. The summed E-state index contributed by atoms with van der Waals surface area (Å²) < 4.78 is 40.0. The minimum absolute atomic E-state index is 0.0692. The van der Waals surface area contributed by atoms with Gasteiger partial charge in [0.25, 0.3) is 0 Å². The summed E-state index contributed by atoms with van der Waals surface area (Å²) in [6.07, 6.45) is -0.160. The van der Waals surface area contributed by atoms with Gasteiger partial charge in [0.05, 0.1) is 27.4 Å². The van der Waals surface area contributed by atoms with E-state index >= 15 is 0 Å². The maximum Gasteiger partial charge on any atom is 0.308 e. The molecule has 0 aliphatic carbocycles. The van der Waals surface area contributed by atoms with Crippen LogP contribution in [0.2, 0.25) is 0 Å². The Labute approximate surface area is 198 Å². The number of nitrogens with zero attached hydrogens (tertiary/aromatic N) is 1. The topological polar surface area (TPSA) is 84.9 Å². The molecule has 0 N–H and O–H groups in total. The van der Waals surface area contributed by atoms with Crippen molar-refractivity contribution < 1.29 is 38.0 Å². The van der Waals surface area contributed by atoms with Gasteiger partial charge in [-0.25, -0.2) is 0 Å². The number of esters is 1. The van der Waals surface area contributed by atoms with Gasteiger partial charge in [-0.1, -0.05) is 6.92 Å². The molecule has 3 aliphatic heterocycles. The Balaban J connectivity index is 1.63. The normalized spacial score (nSPS) is 23.6. The van der Waals surface area contributed by atoms with Crippen molar-refractivity contribution in [3.63, 3.8) is 0 Å². The molecule has 9 heteroatoms. The highest BCUT2D eigenvalue weighted by Crippen LogP contribution is 2.52. The number of carbonyl (C=O) groups excluding carboxylic acids is 1. The number of rotatable bonds is 5. The van der Waals surface area contributed by atoms with E-state index in [1.807, 2.05) is 24.3 Å². The van der Waals surface area contributed by atoms with Crippen LogP contribution in [0.5, 0.6) is 34.5 Å². The first-order valence-corrected chi connectivity index (χ1v) is 11.4. The number of benzene rings is 2. The summed E-state index contributed by atoms with van der Waals surface area (Å²) in [5, 5.41) is 0. The molecule has 34 heavy (non-hydrogen) atoms.